The molecule has 2 aromatic carbocycles. The van der Waals surface area contributed by atoms with Gasteiger partial charge in [0.05, 0.1) is 25.3 Å². The Kier molecular flexibility index (Phi) is 6.31. The van der Waals surface area contributed by atoms with Crippen molar-refractivity contribution in [2.75, 3.05) is 43.5 Å². The Hall–Kier alpha value is -2.86. The molecule has 0 bridgehead atoms. The van der Waals surface area contributed by atoms with Gasteiger partial charge in [0.1, 0.15) is 0 Å². The van der Waals surface area contributed by atoms with Gasteiger partial charge in [0, 0.05) is 24.5 Å². The Labute approximate surface area is 165 Å². The number of anilines is 2. The van der Waals surface area contributed by atoms with Gasteiger partial charge in [-0.15, -0.1) is 0 Å². The van der Waals surface area contributed by atoms with Crippen molar-refractivity contribution >= 4 is 23.2 Å². The van der Waals surface area contributed by atoms with Crippen molar-refractivity contribution in [1.29, 1.82) is 0 Å². The average molecular weight is 381 g/mol. The fourth-order valence-electron chi connectivity index (χ4n) is 3.50. The lowest BCUT2D eigenvalue weighted by Crippen LogP contribution is -2.41. The van der Waals surface area contributed by atoms with Gasteiger partial charge in [-0.2, -0.15) is 0 Å². The molecule has 2 amide bonds. The zero-order valence-electron chi connectivity index (χ0n) is 16.7. The minimum atomic E-state index is -0.149. The molecule has 2 N–H and O–H groups in total. The zero-order chi connectivity index (χ0) is 20.1. The van der Waals surface area contributed by atoms with Crippen LogP contribution in [0.5, 0.6) is 0 Å². The van der Waals surface area contributed by atoms with E-state index in [-0.39, 0.29) is 18.4 Å². The molecule has 148 valence electrons. The fraction of sp³-hybridized carbons (Fsp3) is 0.364. The SMILES string of the molecule is Cc1cc(C)c(NC(=O)CNc2ccccc2C(=O)N2CCOCC2)c(C)c1. The van der Waals surface area contributed by atoms with E-state index in [4.69, 9.17) is 4.74 Å². The number of nitrogens with one attached hydrogen (secondary N) is 2. The van der Waals surface area contributed by atoms with Gasteiger partial charge in [0.2, 0.25) is 5.91 Å². The van der Waals surface area contributed by atoms with Gasteiger partial charge in [-0.05, 0) is 44.0 Å². The van der Waals surface area contributed by atoms with Gasteiger partial charge in [0.15, 0.2) is 0 Å². The fourth-order valence-corrected chi connectivity index (χ4v) is 3.50. The highest BCUT2D eigenvalue weighted by Gasteiger charge is 2.21. The van der Waals surface area contributed by atoms with Crippen LogP contribution >= 0.6 is 0 Å². The highest BCUT2D eigenvalue weighted by molar-refractivity contribution is 6.01. The van der Waals surface area contributed by atoms with Crippen LogP contribution in [0.3, 0.4) is 0 Å². The predicted molar refractivity (Wildman–Crippen MR) is 111 cm³/mol. The Bertz CT molecular complexity index is 850. The van der Waals surface area contributed by atoms with Crippen molar-refractivity contribution in [2.24, 2.45) is 0 Å². The molecule has 6 heteroatoms. The lowest BCUT2D eigenvalue weighted by molar-refractivity contribution is -0.114. The molecule has 0 aliphatic carbocycles. The maximum atomic E-state index is 12.8. The highest BCUT2D eigenvalue weighted by atomic mass is 16.5. The van der Waals surface area contributed by atoms with Gasteiger partial charge in [-0.1, -0.05) is 29.8 Å². The minimum absolute atomic E-state index is 0.0444. The maximum absolute atomic E-state index is 12.8. The summed E-state index contributed by atoms with van der Waals surface area (Å²) in [4.78, 5) is 27.1. The van der Waals surface area contributed by atoms with Gasteiger partial charge >= 0.3 is 0 Å². The summed E-state index contributed by atoms with van der Waals surface area (Å²) < 4.78 is 5.32. The molecule has 0 radical (unpaired) electrons. The minimum Gasteiger partial charge on any atom is -0.378 e. The third kappa shape index (κ3) is 4.70. The summed E-state index contributed by atoms with van der Waals surface area (Å²) in [5, 5.41) is 6.09. The topological polar surface area (TPSA) is 70.7 Å². The van der Waals surface area contributed by atoms with Crippen molar-refractivity contribution < 1.29 is 14.3 Å². The second kappa shape index (κ2) is 8.89. The van der Waals surface area contributed by atoms with Crippen LogP contribution in [0, 0.1) is 20.8 Å². The van der Waals surface area contributed by atoms with Crippen LogP contribution in [0.1, 0.15) is 27.0 Å². The van der Waals surface area contributed by atoms with Crippen LogP contribution in [-0.2, 0) is 9.53 Å². The molecular formula is C22H27N3O3. The molecule has 0 spiro atoms. The highest BCUT2D eigenvalue weighted by Crippen LogP contribution is 2.22. The van der Waals surface area contributed by atoms with E-state index in [0.29, 0.717) is 37.6 Å². The molecule has 2 aromatic rings. The summed E-state index contributed by atoms with van der Waals surface area (Å²) >= 11 is 0. The lowest BCUT2D eigenvalue weighted by atomic mass is 10.1. The summed E-state index contributed by atoms with van der Waals surface area (Å²) in [7, 11) is 0. The number of morpholine rings is 1. The predicted octanol–water partition coefficient (Wildman–Crippen LogP) is 3.13. The van der Waals surface area contributed by atoms with Crippen molar-refractivity contribution in [3.8, 4) is 0 Å². The largest absolute Gasteiger partial charge is 0.378 e. The molecule has 0 unspecified atom stereocenters. The number of amides is 2. The number of hydrogen-bond acceptors (Lipinski definition) is 4. The van der Waals surface area contributed by atoms with Crippen molar-refractivity contribution in [1.82, 2.24) is 4.90 Å². The molecule has 1 aliphatic rings. The van der Waals surface area contributed by atoms with Crippen molar-refractivity contribution in [2.45, 2.75) is 20.8 Å². The number of carbonyl (C=O) groups is 2. The summed E-state index contributed by atoms with van der Waals surface area (Å²) in [6.45, 7) is 8.37. The van der Waals surface area contributed by atoms with E-state index in [2.05, 4.69) is 10.6 Å². The summed E-state index contributed by atoms with van der Waals surface area (Å²) in [5.74, 6) is -0.194. The van der Waals surface area contributed by atoms with Crippen LogP contribution in [0.25, 0.3) is 0 Å². The smallest absolute Gasteiger partial charge is 0.256 e. The van der Waals surface area contributed by atoms with Crippen LogP contribution in [-0.4, -0.2) is 49.6 Å². The van der Waals surface area contributed by atoms with E-state index in [0.717, 1.165) is 16.8 Å². The van der Waals surface area contributed by atoms with Gasteiger partial charge in [-0.25, -0.2) is 0 Å². The van der Waals surface area contributed by atoms with E-state index in [9.17, 15) is 9.59 Å². The molecule has 1 saturated heterocycles. The van der Waals surface area contributed by atoms with E-state index < -0.39 is 0 Å². The number of nitrogens with zero attached hydrogens (tertiary/aromatic N) is 1. The number of aryl methyl sites for hydroxylation is 3. The zero-order valence-corrected chi connectivity index (χ0v) is 16.7. The average Bonchev–Trinajstić information content (AvgIpc) is 2.69. The van der Waals surface area contributed by atoms with E-state index >= 15 is 0 Å². The van der Waals surface area contributed by atoms with Crippen LogP contribution in [0.4, 0.5) is 11.4 Å². The Morgan fingerprint density at radius 1 is 1.04 bits per heavy atom. The Balaban J connectivity index is 1.66. The lowest BCUT2D eigenvalue weighted by Gasteiger charge is -2.27. The molecule has 0 saturated carbocycles. The second-order valence-corrected chi connectivity index (χ2v) is 7.13. The van der Waals surface area contributed by atoms with Gasteiger partial charge < -0.3 is 20.3 Å². The molecule has 1 heterocycles. The first-order valence-electron chi connectivity index (χ1n) is 9.53. The van der Waals surface area contributed by atoms with Gasteiger partial charge in [-0.3, -0.25) is 9.59 Å². The summed E-state index contributed by atoms with van der Waals surface area (Å²) in [6.07, 6.45) is 0. The first-order chi connectivity index (χ1) is 13.5. The quantitative estimate of drug-likeness (QED) is 0.835. The number of carbonyl (C=O) groups excluding carboxylic acids is 2. The molecule has 1 aliphatic heterocycles. The van der Waals surface area contributed by atoms with E-state index in [1.165, 1.54) is 5.56 Å². The molecule has 1 fully saturated rings. The first kappa shape index (κ1) is 19.9. The Morgan fingerprint density at radius 2 is 1.68 bits per heavy atom. The molecule has 0 atom stereocenters. The van der Waals surface area contributed by atoms with E-state index in [1.807, 2.05) is 51.1 Å². The number of benzene rings is 2. The summed E-state index contributed by atoms with van der Waals surface area (Å²) in [5.41, 5.74) is 5.31. The number of rotatable bonds is 5. The third-order valence-electron chi connectivity index (χ3n) is 4.84. The molecule has 28 heavy (non-hydrogen) atoms. The summed E-state index contributed by atoms with van der Waals surface area (Å²) in [6, 6.07) is 11.4. The normalized spacial score (nSPS) is 13.9. The third-order valence-corrected chi connectivity index (χ3v) is 4.84. The molecule has 6 nitrogen and oxygen atoms in total. The van der Waals surface area contributed by atoms with Crippen LogP contribution in [0.15, 0.2) is 36.4 Å². The molecule has 0 aromatic heterocycles. The first-order valence-corrected chi connectivity index (χ1v) is 9.53. The Morgan fingerprint density at radius 3 is 2.36 bits per heavy atom. The number of hydrogen-bond donors (Lipinski definition) is 2. The number of ether oxygens (including phenoxy) is 1. The maximum Gasteiger partial charge on any atom is 0.256 e. The standard InChI is InChI=1S/C22H27N3O3/c1-15-12-16(2)21(17(3)13-15)24-20(26)14-23-19-7-5-4-6-18(19)22(27)25-8-10-28-11-9-25/h4-7,12-13,23H,8-11,14H2,1-3H3,(H,24,26). The number of para-hydroxylation sites is 1. The van der Waals surface area contributed by atoms with Crippen molar-refractivity contribution in [3.05, 3.63) is 58.7 Å². The van der Waals surface area contributed by atoms with Gasteiger partial charge in [0.25, 0.3) is 5.91 Å². The van der Waals surface area contributed by atoms with Crippen LogP contribution < -0.4 is 10.6 Å². The second-order valence-electron chi connectivity index (χ2n) is 7.13. The molecule has 3 rings (SSSR count). The van der Waals surface area contributed by atoms with Crippen LogP contribution in [0.2, 0.25) is 0 Å². The monoisotopic (exact) mass is 381 g/mol. The molecular weight excluding hydrogens is 354 g/mol. The van der Waals surface area contributed by atoms with Crippen molar-refractivity contribution in [3.63, 3.8) is 0 Å². The van der Waals surface area contributed by atoms with E-state index in [1.54, 1.807) is 11.0 Å².